The molecular formula is C32H31N3O4. The van der Waals surface area contributed by atoms with Crippen LogP contribution in [0, 0.1) is 19.8 Å². The molecule has 0 aliphatic carbocycles. The normalized spacial score (nSPS) is 28.4. The first-order valence-corrected chi connectivity index (χ1v) is 13.7. The Morgan fingerprint density at radius 3 is 2.59 bits per heavy atom. The van der Waals surface area contributed by atoms with Crippen LogP contribution in [0.15, 0.2) is 60.7 Å². The minimum atomic E-state index is -1.46. The quantitative estimate of drug-likeness (QED) is 0.486. The van der Waals surface area contributed by atoms with E-state index >= 15 is 0 Å². The van der Waals surface area contributed by atoms with E-state index in [1.165, 1.54) is 0 Å². The number of ketones is 1. The van der Waals surface area contributed by atoms with E-state index in [9.17, 15) is 14.4 Å². The predicted octanol–water partition coefficient (Wildman–Crippen LogP) is 4.72. The number of fused-ring (bicyclic) bond motifs is 7. The van der Waals surface area contributed by atoms with E-state index < -0.39 is 16.9 Å². The number of carbonyl (C=O) groups is 3. The third-order valence-electron chi connectivity index (χ3n) is 9.28. The van der Waals surface area contributed by atoms with Gasteiger partial charge in [-0.15, -0.1) is 0 Å². The van der Waals surface area contributed by atoms with Gasteiger partial charge in [-0.05, 0) is 69.5 Å². The number of ether oxygens (including phenoxy) is 1. The third-order valence-corrected chi connectivity index (χ3v) is 9.28. The molecule has 0 bridgehead atoms. The second kappa shape index (κ2) is 8.26. The zero-order valence-electron chi connectivity index (χ0n) is 22.3. The molecule has 4 atom stereocenters. The van der Waals surface area contributed by atoms with E-state index in [4.69, 9.17) is 4.74 Å². The van der Waals surface area contributed by atoms with Crippen molar-refractivity contribution in [3.8, 4) is 5.75 Å². The van der Waals surface area contributed by atoms with E-state index in [0.29, 0.717) is 35.7 Å². The molecule has 3 aromatic rings. The first kappa shape index (κ1) is 24.1. The second-order valence-corrected chi connectivity index (χ2v) is 11.2. The molecule has 3 aromatic carbocycles. The topological polar surface area (TPSA) is 87.7 Å². The molecule has 7 nitrogen and oxygen atoms in total. The van der Waals surface area contributed by atoms with E-state index in [2.05, 4.69) is 15.5 Å². The number of carbonyl (C=O) groups excluding carboxylic acids is 3. The van der Waals surface area contributed by atoms with Gasteiger partial charge in [-0.1, -0.05) is 48.0 Å². The molecular weight excluding hydrogens is 490 g/mol. The number of aryl methyl sites for hydroxylation is 2. The van der Waals surface area contributed by atoms with Gasteiger partial charge in [0.15, 0.2) is 5.78 Å². The summed E-state index contributed by atoms with van der Waals surface area (Å²) < 4.78 is 5.89. The maximum atomic E-state index is 14.9. The molecule has 4 aliphatic rings. The maximum absolute atomic E-state index is 14.9. The number of nitrogens with zero attached hydrogens (tertiary/aromatic N) is 1. The largest absolute Gasteiger partial charge is 0.493 e. The van der Waals surface area contributed by atoms with E-state index in [1.54, 1.807) is 12.1 Å². The molecule has 0 unspecified atom stereocenters. The van der Waals surface area contributed by atoms with Crippen LogP contribution >= 0.6 is 0 Å². The Morgan fingerprint density at radius 1 is 1.00 bits per heavy atom. The fraction of sp³-hybridized carbons (Fsp3) is 0.344. The van der Waals surface area contributed by atoms with Gasteiger partial charge in [0, 0.05) is 23.0 Å². The Hall–Kier alpha value is -3.97. The summed E-state index contributed by atoms with van der Waals surface area (Å²) in [5, 5.41) is 6.27. The van der Waals surface area contributed by atoms with Crippen molar-refractivity contribution in [1.82, 2.24) is 4.90 Å². The van der Waals surface area contributed by atoms with Crippen molar-refractivity contribution < 1.29 is 19.1 Å². The number of hydrogen-bond donors (Lipinski definition) is 2. The van der Waals surface area contributed by atoms with Crippen molar-refractivity contribution in [3.05, 3.63) is 88.5 Å². The molecule has 198 valence electrons. The lowest BCUT2D eigenvalue weighted by Gasteiger charge is -2.43. The van der Waals surface area contributed by atoms with Crippen molar-refractivity contribution in [2.45, 2.75) is 50.6 Å². The van der Waals surface area contributed by atoms with Crippen LogP contribution in [-0.2, 0) is 20.5 Å². The van der Waals surface area contributed by atoms with Gasteiger partial charge in [0.25, 0.3) is 5.91 Å². The zero-order valence-corrected chi connectivity index (χ0v) is 22.3. The molecule has 4 heterocycles. The van der Waals surface area contributed by atoms with Gasteiger partial charge in [-0.25, -0.2) is 0 Å². The summed E-state index contributed by atoms with van der Waals surface area (Å²) in [7, 11) is 0. The highest BCUT2D eigenvalue weighted by molar-refractivity contribution is 6.21. The van der Waals surface area contributed by atoms with Crippen LogP contribution in [0.1, 0.15) is 52.4 Å². The molecule has 0 aromatic heterocycles. The summed E-state index contributed by atoms with van der Waals surface area (Å²) in [4.78, 5) is 46.3. The number of hydrogen-bond acceptors (Lipinski definition) is 5. The molecule has 0 radical (unpaired) electrons. The molecule has 2 fully saturated rings. The van der Waals surface area contributed by atoms with Gasteiger partial charge in [-0.2, -0.15) is 0 Å². The molecule has 2 N–H and O–H groups in total. The minimum Gasteiger partial charge on any atom is -0.493 e. The lowest BCUT2D eigenvalue weighted by molar-refractivity contribution is -0.137. The number of Topliss-reactive ketones (excluding diaryl/α,β-unsaturated/α-hetero) is 1. The smallest absolute Gasteiger partial charge is 0.251 e. The first-order valence-electron chi connectivity index (χ1n) is 13.7. The summed E-state index contributed by atoms with van der Waals surface area (Å²) in [6.07, 6.45) is 1.57. The average molecular weight is 522 g/mol. The highest BCUT2D eigenvalue weighted by Crippen LogP contribution is 2.68. The lowest BCUT2D eigenvalue weighted by Crippen LogP contribution is -2.62. The minimum absolute atomic E-state index is 0.162. The lowest BCUT2D eigenvalue weighted by atomic mass is 9.57. The van der Waals surface area contributed by atoms with Crippen LogP contribution in [0.2, 0.25) is 0 Å². The maximum Gasteiger partial charge on any atom is 0.251 e. The van der Waals surface area contributed by atoms with Gasteiger partial charge in [-0.3, -0.25) is 19.3 Å². The van der Waals surface area contributed by atoms with Crippen LogP contribution in [0.5, 0.6) is 5.75 Å². The van der Waals surface area contributed by atoms with Gasteiger partial charge >= 0.3 is 0 Å². The van der Waals surface area contributed by atoms with Crippen LogP contribution in [0.25, 0.3) is 0 Å². The summed E-state index contributed by atoms with van der Waals surface area (Å²) in [6, 6.07) is 18.6. The standard InChI is InChI=1S/C32H31N3O4/c1-4-39-25-14-8-5-10-20(25)28(36)26-24-13-9-15-35(24)32(22-17-18(2)16-19(3)27(22)34-30(32)38)31(26)21-11-6-7-12-23(21)33-29(31)37/h5-8,10-12,14,16-17,24,26H,4,9,13,15H2,1-3H3,(H,33,37)(H,34,38)/t24-,26-,31+,32+/m1/s1. The number of benzene rings is 3. The Balaban J connectivity index is 1.59. The molecule has 7 heteroatoms. The fourth-order valence-electron chi connectivity index (χ4n) is 8.16. The van der Waals surface area contributed by atoms with E-state index in [-0.39, 0.29) is 23.6 Å². The average Bonchev–Trinajstić information content (AvgIpc) is 3.64. The van der Waals surface area contributed by atoms with Crippen LogP contribution in [0.4, 0.5) is 11.4 Å². The van der Waals surface area contributed by atoms with Gasteiger partial charge < -0.3 is 15.4 Å². The highest BCUT2D eigenvalue weighted by atomic mass is 16.5. The SMILES string of the molecule is CCOc1ccccc1C(=O)[C@H]1[C@H]2CCCN2[C@@]2(C(=O)Nc3c(C)cc(C)cc32)[C@]12C(=O)Nc1ccccc12. The number of nitrogens with one attached hydrogen (secondary N) is 2. The predicted molar refractivity (Wildman–Crippen MR) is 148 cm³/mol. The monoisotopic (exact) mass is 521 g/mol. The summed E-state index contributed by atoms with van der Waals surface area (Å²) in [5.41, 5.74) is 2.49. The summed E-state index contributed by atoms with van der Waals surface area (Å²) in [5.74, 6) is -0.987. The molecule has 0 saturated carbocycles. The summed E-state index contributed by atoms with van der Waals surface area (Å²) >= 11 is 0. The molecule has 2 saturated heterocycles. The van der Waals surface area contributed by atoms with Crippen LogP contribution in [0.3, 0.4) is 0 Å². The van der Waals surface area contributed by atoms with Crippen molar-refractivity contribution in [1.29, 1.82) is 0 Å². The van der Waals surface area contributed by atoms with Gasteiger partial charge in [0.1, 0.15) is 16.7 Å². The molecule has 4 aliphatic heterocycles. The Kier molecular flexibility index (Phi) is 5.11. The van der Waals surface area contributed by atoms with E-state index in [0.717, 1.165) is 35.2 Å². The van der Waals surface area contributed by atoms with Crippen molar-refractivity contribution in [3.63, 3.8) is 0 Å². The Labute approximate surface area is 227 Å². The second-order valence-electron chi connectivity index (χ2n) is 11.2. The zero-order chi connectivity index (χ0) is 27.1. The van der Waals surface area contributed by atoms with E-state index in [1.807, 2.05) is 69.3 Å². The van der Waals surface area contributed by atoms with Crippen LogP contribution < -0.4 is 15.4 Å². The van der Waals surface area contributed by atoms with Gasteiger partial charge in [0.2, 0.25) is 5.91 Å². The van der Waals surface area contributed by atoms with Crippen molar-refractivity contribution >= 4 is 29.0 Å². The number of rotatable bonds is 4. The summed E-state index contributed by atoms with van der Waals surface area (Å²) in [6.45, 7) is 6.92. The molecule has 2 spiro atoms. The fourth-order valence-corrected chi connectivity index (χ4v) is 8.16. The highest BCUT2D eigenvalue weighted by Gasteiger charge is 2.81. The molecule has 2 amide bonds. The first-order chi connectivity index (χ1) is 18.9. The molecule has 39 heavy (non-hydrogen) atoms. The van der Waals surface area contributed by atoms with Crippen molar-refractivity contribution in [2.24, 2.45) is 5.92 Å². The van der Waals surface area contributed by atoms with Crippen LogP contribution in [-0.4, -0.2) is 41.7 Å². The number of anilines is 2. The third kappa shape index (κ3) is 2.78. The van der Waals surface area contributed by atoms with Crippen molar-refractivity contribution in [2.75, 3.05) is 23.8 Å². The Bertz CT molecular complexity index is 1580. The Morgan fingerprint density at radius 2 is 1.77 bits per heavy atom. The number of para-hydroxylation sites is 2. The van der Waals surface area contributed by atoms with Gasteiger partial charge in [0.05, 0.1) is 18.1 Å². The number of amides is 2. The molecule has 7 rings (SSSR count).